The van der Waals surface area contributed by atoms with Gasteiger partial charge in [0.25, 0.3) is 0 Å². The van der Waals surface area contributed by atoms with Gasteiger partial charge >= 0.3 is 0 Å². The summed E-state index contributed by atoms with van der Waals surface area (Å²) in [6.07, 6.45) is 4.23. The molecule has 3 nitrogen and oxygen atoms in total. The Labute approximate surface area is 105 Å². The van der Waals surface area contributed by atoms with Gasteiger partial charge in [0.05, 0.1) is 11.2 Å². The quantitative estimate of drug-likeness (QED) is 0.692. The molecule has 0 amide bonds. The smallest absolute Gasteiger partial charge is 0.123 e. The molecule has 2 fully saturated rings. The molecular formula is C14H25NO2. The standard InChI is InChI=1S/C14H25NO2/c1-13(2)9-12(14(3,4)17-13)15-7-5-11(10-16)6-8-15/h10-12H,5-9H2,1-4H3. The topological polar surface area (TPSA) is 29.5 Å². The van der Waals surface area contributed by atoms with E-state index in [-0.39, 0.29) is 17.1 Å². The van der Waals surface area contributed by atoms with Gasteiger partial charge < -0.3 is 9.53 Å². The van der Waals surface area contributed by atoms with Gasteiger partial charge in [-0.05, 0) is 60.0 Å². The highest BCUT2D eigenvalue weighted by atomic mass is 16.5. The Balaban J connectivity index is 2.01. The molecule has 0 aromatic carbocycles. The van der Waals surface area contributed by atoms with Gasteiger partial charge in [0, 0.05) is 12.0 Å². The maximum atomic E-state index is 10.8. The molecule has 1 unspecified atom stereocenters. The highest BCUT2D eigenvalue weighted by Gasteiger charge is 2.48. The van der Waals surface area contributed by atoms with E-state index < -0.39 is 0 Å². The normalized spacial score (nSPS) is 33.8. The summed E-state index contributed by atoms with van der Waals surface area (Å²) in [4.78, 5) is 13.3. The van der Waals surface area contributed by atoms with E-state index in [2.05, 4.69) is 32.6 Å². The number of piperidine rings is 1. The summed E-state index contributed by atoms with van der Waals surface area (Å²) in [7, 11) is 0. The first-order valence-electron chi connectivity index (χ1n) is 6.73. The number of carbonyl (C=O) groups excluding carboxylic acids is 1. The van der Waals surface area contributed by atoms with Gasteiger partial charge in [-0.3, -0.25) is 4.90 Å². The molecule has 17 heavy (non-hydrogen) atoms. The Morgan fingerprint density at radius 1 is 1.18 bits per heavy atom. The lowest BCUT2D eigenvalue weighted by atomic mass is 9.89. The molecule has 0 spiro atoms. The van der Waals surface area contributed by atoms with Gasteiger partial charge in [0.1, 0.15) is 6.29 Å². The van der Waals surface area contributed by atoms with E-state index in [1.807, 2.05) is 0 Å². The molecule has 0 N–H and O–H groups in total. The fraction of sp³-hybridized carbons (Fsp3) is 0.929. The average molecular weight is 239 g/mol. The maximum Gasteiger partial charge on any atom is 0.123 e. The van der Waals surface area contributed by atoms with E-state index in [1.54, 1.807) is 0 Å². The van der Waals surface area contributed by atoms with E-state index >= 15 is 0 Å². The zero-order valence-electron chi connectivity index (χ0n) is 11.5. The van der Waals surface area contributed by atoms with Crippen molar-refractivity contribution < 1.29 is 9.53 Å². The molecule has 1 atom stereocenters. The minimum absolute atomic E-state index is 0.0182. The molecule has 0 aromatic heterocycles. The maximum absolute atomic E-state index is 10.8. The van der Waals surface area contributed by atoms with Crippen LogP contribution in [0.3, 0.4) is 0 Å². The number of hydrogen-bond acceptors (Lipinski definition) is 3. The Hall–Kier alpha value is -0.410. The van der Waals surface area contributed by atoms with Crippen LogP contribution in [0.1, 0.15) is 47.0 Å². The number of nitrogens with zero attached hydrogens (tertiary/aromatic N) is 1. The van der Waals surface area contributed by atoms with Crippen LogP contribution in [0.2, 0.25) is 0 Å². The molecule has 0 aromatic rings. The summed E-state index contributed by atoms with van der Waals surface area (Å²) in [5, 5.41) is 0. The number of ether oxygens (including phenoxy) is 1. The van der Waals surface area contributed by atoms with E-state index in [9.17, 15) is 4.79 Å². The largest absolute Gasteiger partial charge is 0.368 e. The molecule has 2 saturated heterocycles. The van der Waals surface area contributed by atoms with Gasteiger partial charge in [-0.1, -0.05) is 0 Å². The van der Waals surface area contributed by atoms with Gasteiger partial charge in [-0.2, -0.15) is 0 Å². The number of aldehydes is 1. The molecule has 2 heterocycles. The Kier molecular flexibility index (Phi) is 3.34. The lowest BCUT2D eigenvalue weighted by Gasteiger charge is -2.39. The molecule has 0 aliphatic carbocycles. The van der Waals surface area contributed by atoms with Crippen molar-refractivity contribution in [2.45, 2.75) is 64.2 Å². The first-order chi connectivity index (χ1) is 7.84. The van der Waals surface area contributed by atoms with E-state index in [1.165, 1.54) is 0 Å². The predicted molar refractivity (Wildman–Crippen MR) is 68.0 cm³/mol. The number of likely N-dealkylation sites (tertiary alicyclic amines) is 1. The summed E-state index contributed by atoms with van der Waals surface area (Å²) in [5.74, 6) is 0.282. The second-order valence-electron chi connectivity index (χ2n) is 6.69. The van der Waals surface area contributed by atoms with Crippen LogP contribution in [0.4, 0.5) is 0 Å². The van der Waals surface area contributed by atoms with Gasteiger partial charge in [0.2, 0.25) is 0 Å². The number of hydrogen-bond donors (Lipinski definition) is 0. The minimum Gasteiger partial charge on any atom is -0.368 e. The van der Waals surface area contributed by atoms with Crippen molar-refractivity contribution in [3.63, 3.8) is 0 Å². The summed E-state index contributed by atoms with van der Waals surface area (Å²) < 4.78 is 6.14. The van der Waals surface area contributed by atoms with Gasteiger partial charge in [-0.25, -0.2) is 0 Å². The van der Waals surface area contributed by atoms with Crippen LogP contribution in [0.5, 0.6) is 0 Å². The Bertz CT molecular complexity index is 291. The molecule has 2 aliphatic rings. The lowest BCUT2D eigenvalue weighted by Crippen LogP contribution is -2.49. The van der Waals surface area contributed by atoms with Crippen LogP contribution in [0.25, 0.3) is 0 Å². The van der Waals surface area contributed by atoms with Crippen molar-refractivity contribution in [2.24, 2.45) is 5.92 Å². The van der Waals surface area contributed by atoms with Crippen molar-refractivity contribution in [2.75, 3.05) is 13.1 Å². The van der Waals surface area contributed by atoms with Gasteiger partial charge in [-0.15, -0.1) is 0 Å². The van der Waals surface area contributed by atoms with E-state index in [4.69, 9.17) is 4.74 Å². The Morgan fingerprint density at radius 2 is 1.76 bits per heavy atom. The molecule has 0 bridgehead atoms. The third-order valence-electron chi connectivity index (χ3n) is 4.23. The van der Waals surface area contributed by atoms with Crippen molar-refractivity contribution in [3.05, 3.63) is 0 Å². The van der Waals surface area contributed by atoms with Crippen molar-refractivity contribution >= 4 is 6.29 Å². The highest BCUT2D eigenvalue weighted by molar-refractivity contribution is 5.53. The molecule has 2 aliphatic heterocycles. The van der Waals surface area contributed by atoms with Gasteiger partial charge in [0.15, 0.2) is 0 Å². The monoisotopic (exact) mass is 239 g/mol. The lowest BCUT2D eigenvalue weighted by molar-refractivity contribution is -0.113. The van der Waals surface area contributed by atoms with Crippen molar-refractivity contribution in [3.8, 4) is 0 Å². The molecule has 2 rings (SSSR count). The van der Waals surface area contributed by atoms with Crippen LogP contribution in [-0.2, 0) is 9.53 Å². The van der Waals surface area contributed by atoms with Crippen molar-refractivity contribution in [1.82, 2.24) is 4.90 Å². The fourth-order valence-corrected chi connectivity index (χ4v) is 3.47. The van der Waals surface area contributed by atoms with Crippen LogP contribution in [0, 0.1) is 5.92 Å². The highest BCUT2D eigenvalue weighted by Crippen LogP contribution is 2.41. The second-order valence-corrected chi connectivity index (χ2v) is 6.69. The second kappa shape index (κ2) is 4.36. The first kappa shape index (κ1) is 13.0. The van der Waals surface area contributed by atoms with Crippen LogP contribution >= 0.6 is 0 Å². The molecule has 3 heteroatoms. The van der Waals surface area contributed by atoms with E-state index in [0.717, 1.165) is 38.6 Å². The summed E-state index contributed by atoms with van der Waals surface area (Å²) >= 11 is 0. The summed E-state index contributed by atoms with van der Waals surface area (Å²) in [6.45, 7) is 10.8. The van der Waals surface area contributed by atoms with Crippen LogP contribution in [0.15, 0.2) is 0 Å². The Morgan fingerprint density at radius 3 is 2.18 bits per heavy atom. The minimum atomic E-state index is -0.0719. The zero-order valence-corrected chi connectivity index (χ0v) is 11.5. The SMILES string of the molecule is CC1(C)CC(N2CCC(C=O)CC2)C(C)(C)O1. The van der Waals surface area contributed by atoms with E-state index in [0.29, 0.717) is 6.04 Å². The summed E-state index contributed by atoms with van der Waals surface area (Å²) in [5.41, 5.74) is -0.0901. The first-order valence-corrected chi connectivity index (χ1v) is 6.73. The number of carbonyl (C=O) groups is 1. The average Bonchev–Trinajstić information content (AvgIpc) is 2.47. The zero-order chi connectivity index (χ0) is 12.7. The molecule has 0 radical (unpaired) electrons. The van der Waals surface area contributed by atoms with Crippen LogP contribution in [-0.4, -0.2) is 41.5 Å². The molecule has 0 saturated carbocycles. The summed E-state index contributed by atoms with van der Waals surface area (Å²) in [6, 6.07) is 0.491. The molecule has 98 valence electrons. The fourth-order valence-electron chi connectivity index (χ4n) is 3.47. The molecular weight excluding hydrogens is 214 g/mol. The van der Waals surface area contributed by atoms with Crippen molar-refractivity contribution in [1.29, 1.82) is 0 Å². The third kappa shape index (κ3) is 2.71. The predicted octanol–water partition coefficient (Wildman–Crippen LogP) is 2.24. The number of rotatable bonds is 2. The third-order valence-corrected chi connectivity index (χ3v) is 4.23. The van der Waals surface area contributed by atoms with Crippen LogP contribution < -0.4 is 0 Å².